The van der Waals surface area contributed by atoms with Crippen molar-refractivity contribution in [2.75, 3.05) is 12.0 Å². The van der Waals surface area contributed by atoms with Gasteiger partial charge in [-0.15, -0.1) is 0 Å². The molecule has 0 saturated heterocycles. The summed E-state index contributed by atoms with van der Waals surface area (Å²) in [5.41, 5.74) is 0.782. The first-order chi connectivity index (χ1) is 14.3. The van der Waals surface area contributed by atoms with Crippen LogP contribution in [0, 0.1) is 5.82 Å². The van der Waals surface area contributed by atoms with Crippen molar-refractivity contribution < 1.29 is 27.1 Å². The van der Waals surface area contributed by atoms with Gasteiger partial charge in [0, 0.05) is 0 Å². The molecule has 152 valence electrons. The molecule has 1 amide bonds. The number of carbonyl (C=O) groups is 2. The number of carbonyl (C=O) groups excluding carboxylic acids is 2. The number of fused-ring (bicyclic) bond motifs is 2. The molecule has 1 heterocycles. The number of methoxy groups -OCH3 is 1. The molecule has 1 aliphatic heterocycles. The van der Waals surface area contributed by atoms with E-state index < -0.39 is 27.5 Å². The molecule has 4 rings (SSSR count). The van der Waals surface area contributed by atoms with Crippen LogP contribution in [0.15, 0.2) is 76.5 Å². The molecule has 0 bridgehead atoms. The van der Waals surface area contributed by atoms with Gasteiger partial charge in [0.2, 0.25) is 9.84 Å². The molecule has 0 aromatic heterocycles. The van der Waals surface area contributed by atoms with Crippen LogP contribution >= 0.6 is 0 Å². The van der Waals surface area contributed by atoms with Gasteiger partial charge in [-0.2, -0.15) is 0 Å². The number of benzene rings is 3. The number of halogens is 1. The zero-order valence-corrected chi connectivity index (χ0v) is 16.6. The summed E-state index contributed by atoms with van der Waals surface area (Å²) in [5, 5.41) is 0. The van der Waals surface area contributed by atoms with Crippen LogP contribution < -0.4 is 4.90 Å². The van der Waals surface area contributed by atoms with Gasteiger partial charge in [0.1, 0.15) is 5.82 Å². The highest BCUT2D eigenvalue weighted by atomic mass is 32.2. The van der Waals surface area contributed by atoms with Crippen molar-refractivity contribution in [2.24, 2.45) is 0 Å². The highest BCUT2D eigenvalue weighted by Gasteiger charge is 2.36. The predicted molar refractivity (Wildman–Crippen MR) is 107 cm³/mol. The second kappa shape index (κ2) is 7.38. The molecule has 3 aromatic carbocycles. The number of hydrogen-bond donors (Lipinski definition) is 0. The van der Waals surface area contributed by atoms with E-state index in [1.54, 1.807) is 12.1 Å². The minimum absolute atomic E-state index is 0.0133. The summed E-state index contributed by atoms with van der Waals surface area (Å²) in [6.45, 7) is -0.0133. The molecule has 0 spiro atoms. The fourth-order valence-corrected chi connectivity index (χ4v) is 5.01. The van der Waals surface area contributed by atoms with E-state index in [0.717, 1.165) is 0 Å². The van der Waals surface area contributed by atoms with Crippen LogP contribution in [0.5, 0.6) is 0 Å². The van der Waals surface area contributed by atoms with Crippen LogP contribution in [0.2, 0.25) is 0 Å². The number of hydrogen-bond acceptors (Lipinski definition) is 5. The van der Waals surface area contributed by atoms with E-state index in [2.05, 4.69) is 0 Å². The molecule has 8 heteroatoms. The molecule has 3 aromatic rings. The fourth-order valence-electron chi connectivity index (χ4n) is 3.38. The Morgan fingerprint density at radius 2 is 1.70 bits per heavy atom. The summed E-state index contributed by atoms with van der Waals surface area (Å²) in [5.74, 6) is -1.63. The van der Waals surface area contributed by atoms with Crippen molar-refractivity contribution in [3.05, 3.63) is 89.2 Å². The first-order valence-electron chi connectivity index (χ1n) is 8.95. The quantitative estimate of drug-likeness (QED) is 0.599. The van der Waals surface area contributed by atoms with Crippen molar-refractivity contribution >= 4 is 27.4 Å². The summed E-state index contributed by atoms with van der Waals surface area (Å²) < 4.78 is 44.7. The van der Waals surface area contributed by atoms with Gasteiger partial charge in [-0.05, 0) is 48.0 Å². The van der Waals surface area contributed by atoms with E-state index in [4.69, 9.17) is 4.74 Å². The second-order valence-corrected chi connectivity index (χ2v) is 8.58. The lowest BCUT2D eigenvalue weighted by molar-refractivity contribution is 0.0600. The van der Waals surface area contributed by atoms with E-state index in [-0.39, 0.29) is 33.2 Å². The number of esters is 1. The number of nitrogens with zero attached hydrogens (tertiary/aromatic N) is 1. The summed E-state index contributed by atoms with van der Waals surface area (Å²) in [4.78, 5) is 26.5. The fraction of sp³-hybridized carbons (Fsp3) is 0.0909. The Morgan fingerprint density at radius 1 is 1.00 bits per heavy atom. The van der Waals surface area contributed by atoms with Gasteiger partial charge < -0.3 is 9.64 Å². The van der Waals surface area contributed by atoms with Crippen LogP contribution in [0.1, 0.15) is 26.3 Å². The molecule has 0 unspecified atom stereocenters. The zero-order chi connectivity index (χ0) is 21.5. The molecular weight excluding hydrogens is 409 g/mol. The predicted octanol–water partition coefficient (Wildman–Crippen LogP) is 3.61. The molecule has 0 atom stereocenters. The van der Waals surface area contributed by atoms with Crippen LogP contribution in [0.3, 0.4) is 0 Å². The standard InChI is InChI=1S/C22H16FNO5S/c1-29-22(26)15-8-11-20-18(12-15)24(13-14-6-9-16(23)10-7-14)21(25)17-4-2-3-5-19(17)30(20,27)28/h2-12H,13H2,1H3. The van der Waals surface area contributed by atoms with E-state index in [0.29, 0.717) is 5.56 Å². The summed E-state index contributed by atoms with van der Waals surface area (Å²) >= 11 is 0. The first-order valence-corrected chi connectivity index (χ1v) is 10.4. The smallest absolute Gasteiger partial charge is 0.337 e. The Kier molecular flexibility index (Phi) is 4.87. The van der Waals surface area contributed by atoms with Gasteiger partial charge in [0.25, 0.3) is 5.91 Å². The minimum atomic E-state index is -4.03. The molecule has 0 N–H and O–H groups in total. The monoisotopic (exact) mass is 425 g/mol. The average Bonchev–Trinajstić information content (AvgIpc) is 2.83. The average molecular weight is 425 g/mol. The summed E-state index contributed by atoms with van der Waals surface area (Å²) in [6.07, 6.45) is 0. The van der Waals surface area contributed by atoms with Gasteiger partial charge in [-0.3, -0.25) is 4.79 Å². The maximum absolute atomic E-state index is 13.4. The summed E-state index contributed by atoms with van der Waals surface area (Å²) in [6, 6.07) is 15.5. The van der Waals surface area contributed by atoms with E-state index in [1.807, 2.05) is 0 Å². The number of anilines is 1. The number of sulfone groups is 1. The maximum atomic E-state index is 13.4. The summed E-state index contributed by atoms with van der Waals surface area (Å²) in [7, 11) is -2.82. The molecule has 0 fully saturated rings. The van der Waals surface area contributed by atoms with Gasteiger partial charge >= 0.3 is 5.97 Å². The number of rotatable bonds is 3. The molecule has 0 saturated carbocycles. The third-order valence-electron chi connectivity index (χ3n) is 4.87. The SMILES string of the molecule is COC(=O)c1ccc2c(c1)N(Cc1ccc(F)cc1)C(=O)c1ccccc1S2(=O)=O. The maximum Gasteiger partial charge on any atom is 0.337 e. The lowest BCUT2D eigenvalue weighted by atomic mass is 10.1. The molecule has 30 heavy (non-hydrogen) atoms. The van der Waals surface area contributed by atoms with Gasteiger partial charge in [-0.25, -0.2) is 17.6 Å². The van der Waals surface area contributed by atoms with Gasteiger partial charge in [-0.1, -0.05) is 24.3 Å². The minimum Gasteiger partial charge on any atom is -0.465 e. The van der Waals surface area contributed by atoms with E-state index in [1.165, 1.54) is 66.6 Å². The third-order valence-corrected chi connectivity index (χ3v) is 6.73. The van der Waals surface area contributed by atoms with Crippen LogP contribution in [0.4, 0.5) is 10.1 Å². The zero-order valence-electron chi connectivity index (χ0n) is 15.8. The highest BCUT2D eigenvalue weighted by molar-refractivity contribution is 7.91. The Labute approximate surface area is 172 Å². The van der Waals surface area contributed by atoms with Crippen LogP contribution in [-0.2, 0) is 21.1 Å². The van der Waals surface area contributed by atoms with Gasteiger partial charge in [0.05, 0.1) is 40.3 Å². The second-order valence-electron chi connectivity index (χ2n) is 6.69. The first kappa shape index (κ1) is 19.8. The van der Waals surface area contributed by atoms with Gasteiger partial charge in [0.15, 0.2) is 0 Å². The van der Waals surface area contributed by atoms with E-state index in [9.17, 15) is 22.4 Å². The lowest BCUT2D eigenvalue weighted by Gasteiger charge is -2.23. The van der Waals surface area contributed by atoms with Crippen molar-refractivity contribution in [1.82, 2.24) is 0 Å². The molecular formula is C22H16FNO5S. The Morgan fingerprint density at radius 3 is 2.40 bits per heavy atom. The largest absolute Gasteiger partial charge is 0.465 e. The highest BCUT2D eigenvalue weighted by Crippen LogP contribution is 2.38. The third kappa shape index (κ3) is 3.25. The number of amides is 1. The van der Waals surface area contributed by atoms with E-state index >= 15 is 0 Å². The number of ether oxygens (including phenoxy) is 1. The van der Waals surface area contributed by atoms with Crippen molar-refractivity contribution in [3.63, 3.8) is 0 Å². The van der Waals surface area contributed by atoms with Crippen LogP contribution in [-0.4, -0.2) is 27.4 Å². The lowest BCUT2D eigenvalue weighted by Crippen LogP contribution is -2.30. The topological polar surface area (TPSA) is 80.8 Å². The Hall–Kier alpha value is -3.52. The normalized spacial score (nSPS) is 14.5. The Bertz CT molecular complexity index is 1270. The Balaban J connectivity index is 1.97. The van der Waals surface area contributed by atoms with Crippen LogP contribution in [0.25, 0.3) is 0 Å². The molecule has 0 aliphatic carbocycles. The molecule has 6 nitrogen and oxygen atoms in total. The van der Waals surface area contributed by atoms with Crippen molar-refractivity contribution in [1.29, 1.82) is 0 Å². The van der Waals surface area contributed by atoms with Crippen molar-refractivity contribution in [2.45, 2.75) is 16.3 Å². The molecule has 0 radical (unpaired) electrons. The molecule has 1 aliphatic rings. The van der Waals surface area contributed by atoms with Crippen molar-refractivity contribution in [3.8, 4) is 0 Å².